The third-order valence-electron chi connectivity index (χ3n) is 4.99. The van der Waals surface area contributed by atoms with Crippen LogP contribution in [0.15, 0.2) is 48.7 Å². The fraction of sp³-hybridized carbons (Fsp3) is 0.261. The Bertz CT molecular complexity index is 1140. The molecule has 0 saturated carbocycles. The molecule has 0 aliphatic carbocycles. The minimum atomic E-state index is -1.01. The van der Waals surface area contributed by atoms with Crippen LogP contribution in [-0.2, 0) is 12.8 Å². The fourth-order valence-electron chi connectivity index (χ4n) is 3.68. The van der Waals surface area contributed by atoms with Gasteiger partial charge in [0.05, 0.1) is 6.20 Å². The van der Waals surface area contributed by atoms with E-state index >= 15 is 0 Å². The number of carbonyl (C=O) groups is 1. The number of nitrogens with zero attached hydrogens (tertiary/aromatic N) is 3. The van der Waals surface area contributed by atoms with E-state index in [9.17, 15) is 9.90 Å². The Kier molecular flexibility index (Phi) is 5.45. The predicted octanol–water partition coefficient (Wildman–Crippen LogP) is 6.00. The molecule has 0 spiro atoms. The monoisotopic (exact) mass is 437 g/mol. The zero-order valence-corrected chi connectivity index (χ0v) is 18.4. The number of nitrogens with one attached hydrogen (secondary N) is 2. The predicted molar refractivity (Wildman–Crippen MR) is 124 cm³/mol. The van der Waals surface area contributed by atoms with Gasteiger partial charge in [-0.1, -0.05) is 23.7 Å². The van der Waals surface area contributed by atoms with Crippen molar-refractivity contribution in [2.24, 2.45) is 0 Å². The number of halogens is 1. The van der Waals surface area contributed by atoms with Crippen LogP contribution in [-0.4, -0.2) is 26.7 Å². The molecule has 1 aromatic heterocycles. The highest BCUT2D eigenvalue weighted by atomic mass is 35.5. The van der Waals surface area contributed by atoms with Crippen molar-refractivity contribution in [2.45, 2.75) is 39.2 Å². The lowest BCUT2D eigenvalue weighted by Crippen LogP contribution is -2.45. The SMILES string of the molecule is CC(C)(C)N(C(=O)O)c1cc2cc(c1)Nc1nc(ncc1Cl)Nc1cccc(c1)CC2. The van der Waals surface area contributed by atoms with Crippen molar-refractivity contribution < 1.29 is 9.90 Å². The molecule has 31 heavy (non-hydrogen) atoms. The van der Waals surface area contributed by atoms with Crippen molar-refractivity contribution in [3.05, 3.63) is 64.8 Å². The molecular weight excluding hydrogens is 414 g/mol. The summed E-state index contributed by atoms with van der Waals surface area (Å²) < 4.78 is 0. The molecule has 3 aromatic rings. The summed E-state index contributed by atoms with van der Waals surface area (Å²) in [6.45, 7) is 5.61. The van der Waals surface area contributed by atoms with Crippen LogP contribution in [0.1, 0.15) is 31.9 Å². The number of benzene rings is 2. The van der Waals surface area contributed by atoms with E-state index < -0.39 is 11.6 Å². The standard InChI is InChI=1S/C23H24ClN5O2/c1-23(2,3)29(22(30)31)18-11-15-8-7-14-5-4-6-16(9-14)27-21-25-13-19(24)20(28-21)26-17(10-15)12-18/h4-6,9-13H,7-8H2,1-3H3,(H,30,31)(H2,25,26,27,28). The molecule has 4 rings (SSSR count). The highest BCUT2D eigenvalue weighted by molar-refractivity contribution is 6.32. The average Bonchev–Trinajstić information content (AvgIpc) is 2.68. The van der Waals surface area contributed by atoms with Crippen molar-refractivity contribution in [1.29, 1.82) is 0 Å². The first-order chi connectivity index (χ1) is 14.7. The van der Waals surface area contributed by atoms with Crippen molar-refractivity contribution in [2.75, 3.05) is 15.5 Å². The van der Waals surface area contributed by atoms with Gasteiger partial charge in [0.15, 0.2) is 5.82 Å². The second-order valence-corrected chi connectivity index (χ2v) is 8.92. The van der Waals surface area contributed by atoms with Gasteiger partial charge in [0.25, 0.3) is 0 Å². The van der Waals surface area contributed by atoms with Gasteiger partial charge in [-0.15, -0.1) is 0 Å². The Morgan fingerprint density at radius 3 is 2.55 bits per heavy atom. The largest absolute Gasteiger partial charge is 0.465 e. The smallest absolute Gasteiger partial charge is 0.412 e. The van der Waals surface area contributed by atoms with Crippen molar-refractivity contribution in [3.63, 3.8) is 0 Å². The lowest BCUT2D eigenvalue weighted by molar-refractivity contribution is 0.195. The maximum Gasteiger partial charge on any atom is 0.412 e. The van der Waals surface area contributed by atoms with Gasteiger partial charge < -0.3 is 15.7 Å². The highest BCUT2D eigenvalue weighted by Gasteiger charge is 2.28. The summed E-state index contributed by atoms with van der Waals surface area (Å²) in [6.07, 6.45) is 2.08. The number of aromatic nitrogens is 2. The molecule has 0 atom stereocenters. The number of anilines is 5. The molecule has 0 unspecified atom stereocenters. The summed E-state index contributed by atoms with van der Waals surface area (Å²) in [4.78, 5) is 22.2. The minimum absolute atomic E-state index is 0.368. The number of hydrogen-bond acceptors (Lipinski definition) is 5. The van der Waals surface area contributed by atoms with Crippen LogP contribution >= 0.6 is 11.6 Å². The summed E-state index contributed by atoms with van der Waals surface area (Å²) in [5.41, 5.74) is 3.75. The third-order valence-corrected chi connectivity index (χ3v) is 5.27. The van der Waals surface area contributed by atoms with Crippen LogP contribution in [0.4, 0.5) is 33.6 Å². The second kappa shape index (κ2) is 8.07. The topological polar surface area (TPSA) is 90.4 Å². The minimum Gasteiger partial charge on any atom is -0.465 e. The van der Waals surface area contributed by atoms with Crippen molar-refractivity contribution in [1.82, 2.24) is 9.97 Å². The van der Waals surface area contributed by atoms with Crippen LogP contribution < -0.4 is 15.5 Å². The molecule has 0 saturated heterocycles. The molecule has 1 aliphatic heterocycles. The number of hydrogen-bond donors (Lipinski definition) is 3. The average molecular weight is 438 g/mol. The maximum absolute atomic E-state index is 12.1. The molecule has 3 N–H and O–H groups in total. The van der Waals surface area contributed by atoms with Gasteiger partial charge in [0.2, 0.25) is 5.95 Å². The lowest BCUT2D eigenvalue weighted by Gasteiger charge is -2.33. The molecule has 8 heteroatoms. The molecule has 7 nitrogen and oxygen atoms in total. The van der Waals surface area contributed by atoms with Gasteiger partial charge in [-0.05, 0) is 75.1 Å². The zero-order chi connectivity index (χ0) is 22.2. The van der Waals surface area contributed by atoms with Crippen LogP contribution in [0.2, 0.25) is 5.02 Å². The van der Waals surface area contributed by atoms with E-state index in [4.69, 9.17) is 11.6 Å². The fourth-order valence-corrected chi connectivity index (χ4v) is 3.82. The molecule has 6 bridgehead atoms. The normalized spacial score (nSPS) is 13.0. The number of amides is 1. The first-order valence-corrected chi connectivity index (χ1v) is 10.4. The molecular formula is C23H24ClN5O2. The summed E-state index contributed by atoms with van der Waals surface area (Å²) in [7, 11) is 0. The first-order valence-electron chi connectivity index (χ1n) is 10.0. The number of rotatable bonds is 1. The van der Waals surface area contributed by atoms with E-state index in [1.165, 1.54) is 11.1 Å². The molecule has 160 valence electrons. The van der Waals surface area contributed by atoms with E-state index in [0.29, 0.717) is 28.2 Å². The van der Waals surface area contributed by atoms with Crippen molar-refractivity contribution in [3.8, 4) is 0 Å². The summed E-state index contributed by atoms with van der Waals surface area (Å²) in [5.74, 6) is 0.858. The second-order valence-electron chi connectivity index (χ2n) is 8.52. The van der Waals surface area contributed by atoms with E-state index in [2.05, 4.69) is 32.7 Å². The molecule has 1 amide bonds. The van der Waals surface area contributed by atoms with Crippen molar-refractivity contribution >= 4 is 46.5 Å². The summed E-state index contributed by atoms with van der Waals surface area (Å²) in [6, 6.07) is 13.8. The third kappa shape index (κ3) is 4.72. The van der Waals surface area contributed by atoms with Gasteiger partial charge in [-0.25, -0.2) is 9.78 Å². The Hall–Kier alpha value is -3.32. The Labute approximate surface area is 186 Å². The van der Waals surface area contributed by atoms with Crippen LogP contribution in [0.5, 0.6) is 0 Å². The van der Waals surface area contributed by atoms with Gasteiger partial charge in [-0.3, -0.25) is 4.90 Å². The van der Waals surface area contributed by atoms with Crippen LogP contribution in [0, 0.1) is 0 Å². The van der Waals surface area contributed by atoms with Crippen LogP contribution in [0.25, 0.3) is 0 Å². The number of carboxylic acid groups (broad SMARTS) is 1. The Morgan fingerprint density at radius 1 is 1.06 bits per heavy atom. The maximum atomic E-state index is 12.1. The summed E-state index contributed by atoms with van der Waals surface area (Å²) in [5, 5.41) is 16.7. The molecule has 1 aliphatic rings. The molecule has 0 fully saturated rings. The Balaban J connectivity index is 1.86. The van der Waals surface area contributed by atoms with Gasteiger partial charge in [0, 0.05) is 22.6 Å². The Morgan fingerprint density at radius 2 is 1.81 bits per heavy atom. The number of aryl methyl sites for hydroxylation is 2. The molecule has 2 aromatic carbocycles. The molecule has 2 heterocycles. The summed E-state index contributed by atoms with van der Waals surface area (Å²) >= 11 is 6.34. The van der Waals surface area contributed by atoms with E-state index in [0.717, 1.165) is 29.7 Å². The van der Waals surface area contributed by atoms with Crippen LogP contribution in [0.3, 0.4) is 0 Å². The van der Waals surface area contributed by atoms with Gasteiger partial charge in [-0.2, -0.15) is 4.98 Å². The van der Waals surface area contributed by atoms with Gasteiger partial charge >= 0.3 is 6.09 Å². The van der Waals surface area contributed by atoms with E-state index in [1.807, 2.05) is 45.0 Å². The quantitative estimate of drug-likeness (QED) is 0.432. The number of fused-ring (bicyclic) bond motifs is 6. The van der Waals surface area contributed by atoms with E-state index in [1.54, 1.807) is 6.07 Å². The zero-order valence-electron chi connectivity index (χ0n) is 17.6. The lowest BCUT2D eigenvalue weighted by atomic mass is 10.0. The molecule has 0 radical (unpaired) electrons. The van der Waals surface area contributed by atoms with Gasteiger partial charge in [0.1, 0.15) is 5.02 Å². The highest BCUT2D eigenvalue weighted by Crippen LogP contribution is 2.32. The first kappa shape index (κ1) is 20.9. The van der Waals surface area contributed by atoms with E-state index in [-0.39, 0.29) is 0 Å².